The molecule has 0 fully saturated rings. The van der Waals surface area contributed by atoms with E-state index in [1.807, 2.05) is 18.5 Å². The van der Waals surface area contributed by atoms with Gasteiger partial charge < -0.3 is 5.73 Å². The van der Waals surface area contributed by atoms with Gasteiger partial charge in [0.15, 0.2) is 5.65 Å². The fourth-order valence-corrected chi connectivity index (χ4v) is 2.48. The minimum Gasteiger partial charge on any atom is -0.397 e. The maximum atomic E-state index is 13.3. The minimum atomic E-state index is -0.251. The van der Waals surface area contributed by atoms with Crippen LogP contribution in [-0.2, 0) is 6.54 Å². The number of nitrogens with zero attached hydrogens (tertiary/aromatic N) is 3. The number of nitrogen functional groups attached to an aromatic ring is 1. The van der Waals surface area contributed by atoms with Crippen LogP contribution in [0.25, 0.3) is 22.2 Å². The third-order valence-electron chi connectivity index (χ3n) is 3.45. The van der Waals surface area contributed by atoms with Crippen LogP contribution in [-0.4, -0.2) is 14.8 Å². The van der Waals surface area contributed by atoms with Crippen LogP contribution < -0.4 is 5.73 Å². The molecule has 102 valence electrons. The van der Waals surface area contributed by atoms with Crippen molar-refractivity contribution in [2.75, 3.05) is 5.73 Å². The topological polar surface area (TPSA) is 56.7 Å². The third kappa shape index (κ3) is 1.82. The second-order valence-corrected chi connectivity index (χ2v) is 4.75. The number of nitrogens with two attached hydrogens (primary N) is 1. The smallest absolute Gasteiger partial charge is 0.158 e. The summed E-state index contributed by atoms with van der Waals surface area (Å²) >= 11 is 0. The SMILES string of the molecule is CCn1ncc2c(-c3ccc(F)cc3C)c(N)cnc21. The summed E-state index contributed by atoms with van der Waals surface area (Å²) in [4.78, 5) is 4.35. The number of halogens is 1. The van der Waals surface area contributed by atoms with Gasteiger partial charge in [0.05, 0.1) is 18.1 Å². The van der Waals surface area contributed by atoms with Crippen LogP contribution in [0.5, 0.6) is 0 Å². The fraction of sp³-hybridized carbons (Fsp3) is 0.200. The first-order valence-corrected chi connectivity index (χ1v) is 6.48. The average Bonchev–Trinajstić information content (AvgIpc) is 2.83. The molecule has 0 radical (unpaired) electrons. The number of aromatic nitrogens is 3. The lowest BCUT2D eigenvalue weighted by atomic mass is 9.98. The van der Waals surface area contributed by atoms with Gasteiger partial charge >= 0.3 is 0 Å². The lowest BCUT2D eigenvalue weighted by molar-refractivity contribution is 0.627. The Morgan fingerprint density at radius 3 is 2.80 bits per heavy atom. The molecule has 0 amide bonds. The van der Waals surface area contributed by atoms with Crippen molar-refractivity contribution >= 4 is 16.7 Å². The number of pyridine rings is 1. The highest BCUT2D eigenvalue weighted by Gasteiger charge is 2.14. The molecule has 3 rings (SSSR count). The Balaban J connectivity index is 2.34. The molecule has 0 spiro atoms. The van der Waals surface area contributed by atoms with E-state index in [0.29, 0.717) is 5.69 Å². The van der Waals surface area contributed by atoms with Crippen molar-refractivity contribution in [2.45, 2.75) is 20.4 Å². The second-order valence-electron chi connectivity index (χ2n) is 4.75. The highest BCUT2D eigenvalue weighted by molar-refractivity contribution is 5.99. The quantitative estimate of drug-likeness (QED) is 0.778. The molecule has 1 aromatic carbocycles. The lowest BCUT2D eigenvalue weighted by Crippen LogP contribution is -1.99. The van der Waals surface area contributed by atoms with Crippen LogP contribution in [0.3, 0.4) is 0 Å². The molecular weight excluding hydrogens is 255 g/mol. The van der Waals surface area contributed by atoms with Gasteiger partial charge in [-0.15, -0.1) is 0 Å². The summed E-state index contributed by atoms with van der Waals surface area (Å²) in [6, 6.07) is 4.70. The summed E-state index contributed by atoms with van der Waals surface area (Å²) in [5, 5.41) is 5.20. The monoisotopic (exact) mass is 270 g/mol. The molecule has 0 aliphatic rings. The van der Waals surface area contributed by atoms with Crippen molar-refractivity contribution in [1.82, 2.24) is 14.8 Å². The van der Waals surface area contributed by atoms with Gasteiger partial charge in [-0.3, -0.25) is 0 Å². The van der Waals surface area contributed by atoms with Crippen molar-refractivity contribution < 1.29 is 4.39 Å². The van der Waals surface area contributed by atoms with E-state index >= 15 is 0 Å². The number of fused-ring (bicyclic) bond motifs is 1. The van der Waals surface area contributed by atoms with E-state index in [-0.39, 0.29) is 5.82 Å². The van der Waals surface area contributed by atoms with Gasteiger partial charge in [0.1, 0.15) is 5.82 Å². The standard InChI is InChI=1S/C15H15FN4/c1-3-20-15-12(7-19-20)14(13(17)8-18-15)11-5-4-10(16)6-9(11)2/h4-8H,3,17H2,1-2H3. The van der Waals surface area contributed by atoms with E-state index in [1.165, 1.54) is 12.1 Å². The van der Waals surface area contributed by atoms with E-state index in [1.54, 1.807) is 18.5 Å². The van der Waals surface area contributed by atoms with Gasteiger partial charge in [-0.05, 0) is 37.1 Å². The van der Waals surface area contributed by atoms with Crippen LogP contribution in [0.4, 0.5) is 10.1 Å². The van der Waals surface area contributed by atoms with Gasteiger partial charge in [0, 0.05) is 17.5 Å². The highest BCUT2D eigenvalue weighted by atomic mass is 19.1. The molecule has 2 heterocycles. The maximum Gasteiger partial charge on any atom is 0.158 e. The molecule has 0 unspecified atom stereocenters. The van der Waals surface area contributed by atoms with E-state index in [4.69, 9.17) is 5.73 Å². The Kier molecular flexibility index (Phi) is 2.89. The summed E-state index contributed by atoms with van der Waals surface area (Å²) in [6.07, 6.45) is 3.40. The molecule has 0 bridgehead atoms. The number of anilines is 1. The lowest BCUT2D eigenvalue weighted by Gasteiger charge is -2.10. The maximum absolute atomic E-state index is 13.3. The Bertz CT molecular complexity index is 792. The normalized spacial score (nSPS) is 11.2. The largest absolute Gasteiger partial charge is 0.397 e. The summed E-state index contributed by atoms with van der Waals surface area (Å²) in [5.74, 6) is -0.251. The molecule has 0 saturated carbocycles. The Morgan fingerprint density at radius 1 is 1.30 bits per heavy atom. The predicted molar refractivity (Wildman–Crippen MR) is 77.7 cm³/mol. The van der Waals surface area contributed by atoms with E-state index in [9.17, 15) is 4.39 Å². The Hall–Kier alpha value is -2.43. The van der Waals surface area contributed by atoms with E-state index < -0.39 is 0 Å². The van der Waals surface area contributed by atoms with Gasteiger partial charge in [-0.25, -0.2) is 14.1 Å². The zero-order valence-corrected chi connectivity index (χ0v) is 11.4. The van der Waals surface area contributed by atoms with E-state index in [0.717, 1.165) is 34.3 Å². The molecule has 0 atom stereocenters. The molecule has 20 heavy (non-hydrogen) atoms. The molecule has 0 aliphatic heterocycles. The van der Waals surface area contributed by atoms with Crippen molar-refractivity contribution in [1.29, 1.82) is 0 Å². The molecular formula is C15H15FN4. The number of aryl methyl sites for hydroxylation is 2. The van der Waals surface area contributed by atoms with Gasteiger partial charge in [-0.2, -0.15) is 5.10 Å². The Labute approximate surface area is 116 Å². The van der Waals surface area contributed by atoms with Gasteiger partial charge in [0.2, 0.25) is 0 Å². The van der Waals surface area contributed by atoms with Crippen LogP contribution in [0.1, 0.15) is 12.5 Å². The molecule has 0 aliphatic carbocycles. The number of hydrogen-bond donors (Lipinski definition) is 1. The minimum absolute atomic E-state index is 0.251. The summed E-state index contributed by atoms with van der Waals surface area (Å²) in [6.45, 7) is 4.61. The summed E-state index contributed by atoms with van der Waals surface area (Å²) in [7, 11) is 0. The summed E-state index contributed by atoms with van der Waals surface area (Å²) < 4.78 is 15.1. The van der Waals surface area contributed by atoms with Crippen molar-refractivity contribution in [3.8, 4) is 11.1 Å². The van der Waals surface area contributed by atoms with Crippen LogP contribution >= 0.6 is 0 Å². The third-order valence-corrected chi connectivity index (χ3v) is 3.45. The van der Waals surface area contributed by atoms with Crippen molar-refractivity contribution in [3.05, 3.63) is 42.0 Å². The van der Waals surface area contributed by atoms with Crippen LogP contribution in [0.15, 0.2) is 30.6 Å². The predicted octanol–water partition coefficient (Wildman–Crippen LogP) is 3.15. The first-order valence-electron chi connectivity index (χ1n) is 6.48. The van der Waals surface area contributed by atoms with Crippen LogP contribution in [0.2, 0.25) is 0 Å². The molecule has 0 saturated heterocycles. The fourth-order valence-electron chi connectivity index (χ4n) is 2.48. The molecule has 4 nitrogen and oxygen atoms in total. The van der Waals surface area contributed by atoms with Gasteiger partial charge in [0.25, 0.3) is 0 Å². The summed E-state index contributed by atoms with van der Waals surface area (Å²) in [5.41, 5.74) is 10.1. The molecule has 2 N–H and O–H groups in total. The van der Waals surface area contributed by atoms with E-state index in [2.05, 4.69) is 10.1 Å². The molecule has 3 aromatic rings. The number of rotatable bonds is 2. The Morgan fingerprint density at radius 2 is 2.10 bits per heavy atom. The van der Waals surface area contributed by atoms with Crippen molar-refractivity contribution in [2.24, 2.45) is 0 Å². The average molecular weight is 270 g/mol. The first-order chi connectivity index (χ1) is 9.61. The number of hydrogen-bond acceptors (Lipinski definition) is 3. The first kappa shape index (κ1) is 12.6. The van der Waals surface area contributed by atoms with Crippen LogP contribution in [0, 0.1) is 12.7 Å². The number of benzene rings is 1. The second kappa shape index (κ2) is 4.59. The zero-order valence-electron chi connectivity index (χ0n) is 11.4. The highest BCUT2D eigenvalue weighted by Crippen LogP contribution is 2.34. The zero-order chi connectivity index (χ0) is 14.3. The van der Waals surface area contributed by atoms with Gasteiger partial charge in [-0.1, -0.05) is 6.07 Å². The molecule has 2 aromatic heterocycles. The van der Waals surface area contributed by atoms with Crippen molar-refractivity contribution in [3.63, 3.8) is 0 Å². The molecule has 5 heteroatoms.